The minimum absolute atomic E-state index is 0.0807. The van der Waals surface area contributed by atoms with Gasteiger partial charge >= 0.3 is 5.69 Å². The molecule has 0 unspecified atom stereocenters. The number of phenols is 1. The molecule has 1 aliphatic rings. The Morgan fingerprint density at radius 3 is 2.33 bits per heavy atom. The number of nitrogens with zero attached hydrogens (tertiary/aromatic N) is 6. The second-order valence-corrected chi connectivity index (χ2v) is 11.1. The van der Waals surface area contributed by atoms with Crippen molar-refractivity contribution >= 4 is 17.4 Å². The van der Waals surface area contributed by atoms with Crippen LogP contribution in [0, 0.1) is 22.6 Å². The molecular weight excluding hydrogens is 531 g/mol. The lowest BCUT2D eigenvalue weighted by atomic mass is 9.95. The van der Waals surface area contributed by atoms with E-state index in [4.69, 9.17) is 11.6 Å². The minimum Gasteiger partial charge on any atom is -0.507 e. The van der Waals surface area contributed by atoms with Gasteiger partial charge in [-0.05, 0) is 61.4 Å². The Morgan fingerprint density at radius 1 is 1.05 bits per heavy atom. The van der Waals surface area contributed by atoms with E-state index in [1.165, 1.54) is 21.3 Å². The van der Waals surface area contributed by atoms with Gasteiger partial charge in [-0.1, -0.05) is 17.7 Å². The number of aromatic hydroxyl groups is 1. The van der Waals surface area contributed by atoms with Gasteiger partial charge in [0.1, 0.15) is 17.4 Å². The molecule has 0 aliphatic carbocycles. The maximum Gasteiger partial charge on any atom is 0.332 e. The molecule has 1 fully saturated rings. The van der Waals surface area contributed by atoms with E-state index < -0.39 is 11.2 Å². The van der Waals surface area contributed by atoms with Crippen molar-refractivity contribution in [2.75, 3.05) is 37.6 Å². The summed E-state index contributed by atoms with van der Waals surface area (Å²) in [7, 11) is 1.65. The highest BCUT2D eigenvalue weighted by Gasteiger charge is 2.25. The first-order valence-electron chi connectivity index (χ1n) is 13.0. The van der Waals surface area contributed by atoms with Crippen molar-refractivity contribution in [3.05, 3.63) is 82.4 Å². The maximum atomic E-state index is 14.9. The monoisotopic (exact) mass is 560 g/mol. The van der Waals surface area contributed by atoms with Crippen LogP contribution in [0.25, 0.3) is 27.9 Å². The predicted octanol–water partition coefficient (Wildman–Crippen LogP) is 5.07. The van der Waals surface area contributed by atoms with Crippen molar-refractivity contribution in [1.29, 1.82) is 5.26 Å². The number of hydrogen-bond donors (Lipinski definition) is 1. The lowest BCUT2D eigenvalue weighted by molar-refractivity contribution is 0.202. The maximum absolute atomic E-state index is 14.9. The summed E-state index contributed by atoms with van der Waals surface area (Å²) in [6.45, 7) is 7.68. The van der Waals surface area contributed by atoms with E-state index in [1.807, 2.05) is 19.9 Å². The number of halogens is 2. The number of aromatic nitrogens is 3. The lowest BCUT2D eigenvalue weighted by Gasteiger charge is -2.37. The molecule has 5 rings (SSSR count). The van der Waals surface area contributed by atoms with Crippen molar-refractivity contribution in [3.8, 4) is 39.8 Å². The van der Waals surface area contributed by atoms with Gasteiger partial charge in [0.15, 0.2) is 0 Å². The Labute approximate surface area is 237 Å². The van der Waals surface area contributed by atoms with Crippen LogP contribution >= 0.6 is 11.6 Å². The summed E-state index contributed by atoms with van der Waals surface area (Å²) in [5.41, 5.74) is 1.62. The molecule has 0 radical (unpaired) electrons. The molecule has 0 spiro atoms. The highest BCUT2D eigenvalue weighted by molar-refractivity contribution is 6.32. The average molecular weight is 561 g/mol. The van der Waals surface area contributed by atoms with Crippen molar-refractivity contribution in [2.24, 2.45) is 12.5 Å². The van der Waals surface area contributed by atoms with Gasteiger partial charge in [-0.25, -0.2) is 14.2 Å². The number of rotatable bonds is 6. The molecule has 3 heterocycles. The van der Waals surface area contributed by atoms with Crippen LogP contribution in [0.2, 0.25) is 5.02 Å². The number of hydrogen-bond acceptors (Lipinski definition) is 6. The van der Waals surface area contributed by atoms with Crippen molar-refractivity contribution in [3.63, 3.8) is 0 Å². The largest absolute Gasteiger partial charge is 0.507 e. The molecular formula is C30H30ClFN6O2. The minimum atomic E-state index is -0.505. The molecule has 1 saturated heterocycles. The van der Waals surface area contributed by atoms with Crippen molar-refractivity contribution in [2.45, 2.75) is 13.8 Å². The Balaban J connectivity index is 1.42. The van der Waals surface area contributed by atoms with Gasteiger partial charge in [-0.3, -0.25) is 9.47 Å². The van der Waals surface area contributed by atoms with E-state index in [9.17, 15) is 19.6 Å². The van der Waals surface area contributed by atoms with Crippen LogP contribution in [0.5, 0.6) is 5.75 Å². The van der Waals surface area contributed by atoms with E-state index in [0.29, 0.717) is 33.9 Å². The Bertz CT molecular complexity index is 1660. The smallest absolute Gasteiger partial charge is 0.332 e. The summed E-state index contributed by atoms with van der Waals surface area (Å²) in [6, 6.07) is 13.5. The highest BCUT2D eigenvalue weighted by atomic mass is 35.5. The van der Waals surface area contributed by atoms with Gasteiger partial charge in [0, 0.05) is 69.5 Å². The lowest BCUT2D eigenvalue weighted by Crippen LogP contribution is -2.49. The molecule has 206 valence electrons. The third-order valence-corrected chi connectivity index (χ3v) is 7.52. The third kappa shape index (κ3) is 5.46. The number of nitriles is 1. The standard InChI is InChI=1S/C30H30ClFN6O2/c1-30(2,18-33)19-36-9-11-37(12-10-36)27-15-21(6-7-34-27)24-17-22(32)16-23(28(24)39)20-4-5-26(25(31)14-20)38-13-8-35(3)29(38)40/h4-8,13-17,39H,9-12,19H2,1-3H3. The Kier molecular flexibility index (Phi) is 7.41. The summed E-state index contributed by atoms with van der Waals surface area (Å²) >= 11 is 6.53. The number of aryl methyl sites for hydroxylation is 1. The third-order valence-electron chi connectivity index (χ3n) is 7.21. The zero-order valence-electron chi connectivity index (χ0n) is 22.6. The molecule has 0 atom stereocenters. The molecule has 1 N–H and O–H groups in total. The zero-order chi connectivity index (χ0) is 28.6. The second kappa shape index (κ2) is 10.8. The van der Waals surface area contributed by atoms with Crippen LogP contribution < -0.4 is 10.6 Å². The number of piperazine rings is 1. The fraction of sp³-hybridized carbons (Fsp3) is 0.300. The van der Waals surface area contributed by atoms with Crippen LogP contribution in [0.1, 0.15) is 13.8 Å². The van der Waals surface area contributed by atoms with E-state index in [2.05, 4.69) is 20.9 Å². The first kappa shape index (κ1) is 27.4. The van der Waals surface area contributed by atoms with E-state index >= 15 is 0 Å². The number of benzene rings is 2. The molecule has 1 aliphatic heterocycles. The molecule has 0 bridgehead atoms. The second-order valence-electron chi connectivity index (χ2n) is 10.7. The van der Waals surface area contributed by atoms with Crippen molar-refractivity contribution in [1.82, 2.24) is 19.0 Å². The molecule has 0 amide bonds. The topological polar surface area (TPSA) is 90.3 Å². The number of anilines is 1. The summed E-state index contributed by atoms with van der Waals surface area (Å²) in [6.07, 6.45) is 4.91. The fourth-order valence-corrected chi connectivity index (χ4v) is 5.32. The molecule has 0 saturated carbocycles. The van der Waals surface area contributed by atoms with Gasteiger partial charge in [0.05, 0.1) is 22.2 Å². The number of phenolic OH excluding ortho intramolecular Hbond substituents is 1. The molecule has 10 heteroatoms. The van der Waals surface area contributed by atoms with Crippen LogP contribution in [0.4, 0.5) is 10.2 Å². The normalized spacial score (nSPS) is 14.3. The van der Waals surface area contributed by atoms with Gasteiger partial charge in [-0.15, -0.1) is 0 Å². The number of imidazole rings is 1. The first-order chi connectivity index (χ1) is 19.1. The van der Waals surface area contributed by atoms with Gasteiger partial charge in [-0.2, -0.15) is 5.26 Å². The molecule has 2 aromatic heterocycles. The Hall–Kier alpha value is -4.13. The van der Waals surface area contributed by atoms with Gasteiger partial charge in [0.25, 0.3) is 0 Å². The summed E-state index contributed by atoms with van der Waals surface area (Å²) in [4.78, 5) is 21.3. The van der Waals surface area contributed by atoms with Crippen LogP contribution in [-0.4, -0.2) is 56.8 Å². The van der Waals surface area contributed by atoms with Gasteiger partial charge < -0.3 is 14.6 Å². The average Bonchev–Trinajstić information content (AvgIpc) is 3.27. The summed E-state index contributed by atoms with van der Waals surface area (Å²) < 4.78 is 17.8. The summed E-state index contributed by atoms with van der Waals surface area (Å²) in [5, 5.41) is 20.9. The number of pyridine rings is 1. The van der Waals surface area contributed by atoms with Crippen LogP contribution in [-0.2, 0) is 7.05 Å². The summed E-state index contributed by atoms with van der Waals surface area (Å²) in [5.74, 6) is 0.153. The fourth-order valence-electron chi connectivity index (χ4n) is 5.04. The SMILES string of the molecule is Cn1ccn(-c2ccc(-c3cc(F)cc(-c4ccnc(N5CCN(CC(C)(C)C#N)CC5)c4)c3O)cc2Cl)c1=O. The van der Waals surface area contributed by atoms with Crippen LogP contribution in [0.3, 0.4) is 0 Å². The zero-order valence-corrected chi connectivity index (χ0v) is 23.4. The van der Waals surface area contributed by atoms with E-state index in [0.717, 1.165) is 32.0 Å². The van der Waals surface area contributed by atoms with E-state index in [1.54, 1.807) is 49.9 Å². The van der Waals surface area contributed by atoms with Crippen molar-refractivity contribution < 1.29 is 9.50 Å². The van der Waals surface area contributed by atoms with Gasteiger partial charge in [0.2, 0.25) is 0 Å². The highest BCUT2D eigenvalue weighted by Crippen LogP contribution is 2.41. The van der Waals surface area contributed by atoms with E-state index in [-0.39, 0.29) is 17.0 Å². The molecule has 40 heavy (non-hydrogen) atoms. The molecule has 4 aromatic rings. The molecule has 2 aromatic carbocycles. The molecule has 8 nitrogen and oxygen atoms in total. The Morgan fingerprint density at radius 2 is 1.73 bits per heavy atom. The van der Waals surface area contributed by atoms with Crippen LogP contribution in [0.15, 0.2) is 65.8 Å². The predicted molar refractivity (Wildman–Crippen MR) is 154 cm³/mol. The quantitative estimate of drug-likeness (QED) is 0.354. The first-order valence-corrected chi connectivity index (χ1v) is 13.4.